The highest BCUT2D eigenvalue weighted by atomic mass is 35.5. The van der Waals surface area contributed by atoms with Crippen molar-refractivity contribution in [3.8, 4) is 5.75 Å². The summed E-state index contributed by atoms with van der Waals surface area (Å²) in [5.41, 5.74) is 0.466. The number of imidazole rings is 1. The highest BCUT2D eigenvalue weighted by Gasteiger charge is 2.22. The topological polar surface area (TPSA) is 37.5 Å². The first-order valence-corrected chi connectivity index (χ1v) is 5.15. The van der Waals surface area contributed by atoms with Crippen molar-refractivity contribution in [1.29, 1.82) is 0 Å². The van der Waals surface area contributed by atoms with Crippen LogP contribution in [0, 0.1) is 0 Å². The van der Waals surface area contributed by atoms with Crippen LogP contribution in [0.4, 0.5) is 0 Å². The van der Waals surface area contributed by atoms with Crippen LogP contribution in [0.2, 0.25) is 5.15 Å². The third-order valence-electron chi connectivity index (χ3n) is 2.27. The Morgan fingerprint density at radius 3 is 2.67 bits per heavy atom. The monoisotopic (exact) mass is 224 g/mol. The van der Waals surface area contributed by atoms with Gasteiger partial charge in [-0.05, 0) is 12.1 Å². The number of nitrogens with zero attached hydrogens (tertiary/aromatic N) is 2. The molecule has 0 saturated heterocycles. The van der Waals surface area contributed by atoms with Gasteiger partial charge < -0.3 is 5.11 Å². The first-order chi connectivity index (χ1) is 6.91. The SMILES string of the molecule is CC(C)(C)c1nc(Cl)c2c(O)cccn12. The Hall–Kier alpha value is -1.22. The van der Waals surface area contributed by atoms with Gasteiger partial charge >= 0.3 is 0 Å². The summed E-state index contributed by atoms with van der Waals surface area (Å²) in [6.07, 6.45) is 1.86. The molecule has 0 atom stereocenters. The van der Waals surface area contributed by atoms with Crippen molar-refractivity contribution >= 4 is 17.1 Å². The van der Waals surface area contributed by atoms with Gasteiger partial charge in [0.25, 0.3) is 0 Å². The van der Waals surface area contributed by atoms with E-state index in [2.05, 4.69) is 25.8 Å². The van der Waals surface area contributed by atoms with E-state index in [0.29, 0.717) is 10.7 Å². The standard InChI is InChI=1S/C11H13ClN2O/c1-11(2,3)10-13-9(12)8-7(15)5-4-6-14(8)10/h4-6,15H,1-3H3. The number of rotatable bonds is 0. The Labute approximate surface area is 93.3 Å². The highest BCUT2D eigenvalue weighted by Crippen LogP contribution is 2.31. The van der Waals surface area contributed by atoms with E-state index >= 15 is 0 Å². The molecule has 0 unspecified atom stereocenters. The fraction of sp³-hybridized carbons (Fsp3) is 0.364. The molecule has 2 aromatic heterocycles. The maximum Gasteiger partial charge on any atom is 0.158 e. The normalized spacial score (nSPS) is 12.3. The van der Waals surface area contributed by atoms with Crippen LogP contribution in [0.1, 0.15) is 26.6 Å². The average molecular weight is 225 g/mol. The lowest BCUT2D eigenvalue weighted by atomic mass is 9.96. The molecule has 0 aliphatic rings. The molecule has 1 N–H and O–H groups in total. The van der Waals surface area contributed by atoms with E-state index in [0.717, 1.165) is 5.82 Å². The number of pyridine rings is 1. The molecule has 0 spiro atoms. The molecule has 2 rings (SSSR count). The van der Waals surface area contributed by atoms with Crippen molar-refractivity contribution in [1.82, 2.24) is 9.38 Å². The van der Waals surface area contributed by atoms with Crippen LogP contribution in [0.5, 0.6) is 5.75 Å². The van der Waals surface area contributed by atoms with Gasteiger partial charge in [0.05, 0.1) is 0 Å². The molecule has 0 saturated carbocycles. The van der Waals surface area contributed by atoms with Gasteiger partial charge in [0.1, 0.15) is 17.1 Å². The maximum atomic E-state index is 9.69. The summed E-state index contributed by atoms with van der Waals surface area (Å²) in [5, 5.41) is 10.0. The molecule has 2 heterocycles. The van der Waals surface area contributed by atoms with Crippen LogP contribution in [-0.2, 0) is 5.41 Å². The van der Waals surface area contributed by atoms with E-state index < -0.39 is 0 Å². The zero-order valence-corrected chi connectivity index (χ0v) is 9.71. The minimum absolute atomic E-state index is 0.107. The number of hydrogen-bond acceptors (Lipinski definition) is 2. The van der Waals surface area contributed by atoms with Crippen molar-refractivity contribution in [2.45, 2.75) is 26.2 Å². The van der Waals surface area contributed by atoms with Gasteiger partial charge in [0, 0.05) is 11.6 Å². The lowest BCUT2D eigenvalue weighted by molar-refractivity contribution is 0.477. The van der Waals surface area contributed by atoms with Crippen LogP contribution >= 0.6 is 11.6 Å². The van der Waals surface area contributed by atoms with E-state index in [9.17, 15) is 5.11 Å². The largest absolute Gasteiger partial charge is 0.506 e. The second-order valence-corrected chi connectivity index (χ2v) is 4.95. The number of aromatic hydroxyl groups is 1. The predicted octanol–water partition coefficient (Wildman–Crippen LogP) is 2.99. The number of hydrogen-bond donors (Lipinski definition) is 1. The molecular formula is C11H13ClN2O. The molecule has 4 heteroatoms. The van der Waals surface area contributed by atoms with E-state index in [1.807, 2.05) is 10.6 Å². The van der Waals surface area contributed by atoms with Gasteiger partial charge in [-0.2, -0.15) is 0 Å². The van der Waals surface area contributed by atoms with E-state index in [1.54, 1.807) is 12.1 Å². The summed E-state index contributed by atoms with van der Waals surface area (Å²) in [6, 6.07) is 3.38. The lowest BCUT2D eigenvalue weighted by Crippen LogP contribution is -2.15. The van der Waals surface area contributed by atoms with Crippen molar-refractivity contribution in [2.75, 3.05) is 0 Å². The summed E-state index contributed by atoms with van der Waals surface area (Å²) in [6.45, 7) is 6.17. The number of fused-ring (bicyclic) bond motifs is 1. The third-order valence-corrected chi connectivity index (χ3v) is 2.53. The van der Waals surface area contributed by atoms with Crippen molar-refractivity contribution in [3.05, 3.63) is 29.3 Å². The maximum absolute atomic E-state index is 9.69. The Balaban J connectivity index is 2.85. The summed E-state index contributed by atoms with van der Waals surface area (Å²) >= 11 is 6.00. The highest BCUT2D eigenvalue weighted by molar-refractivity contribution is 6.33. The van der Waals surface area contributed by atoms with Gasteiger partial charge in [-0.3, -0.25) is 4.40 Å². The zero-order valence-electron chi connectivity index (χ0n) is 8.95. The summed E-state index contributed by atoms with van der Waals surface area (Å²) in [4.78, 5) is 4.29. The average Bonchev–Trinajstić information content (AvgIpc) is 2.44. The fourth-order valence-corrected chi connectivity index (χ4v) is 1.88. The molecule has 0 radical (unpaired) electrons. The summed E-state index contributed by atoms with van der Waals surface area (Å²) < 4.78 is 1.83. The van der Waals surface area contributed by atoms with Gasteiger partial charge in [0.15, 0.2) is 5.15 Å². The van der Waals surface area contributed by atoms with E-state index in [4.69, 9.17) is 11.6 Å². The Morgan fingerprint density at radius 2 is 2.07 bits per heavy atom. The van der Waals surface area contributed by atoms with Gasteiger partial charge in [0.2, 0.25) is 0 Å². The molecule has 15 heavy (non-hydrogen) atoms. The number of halogens is 1. The molecular weight excluding hydrogens is 212 g/mol. The molecule has 80 valence electrons. The van der Waals surface area contributed by atoms with E-state index in [-0.39, 0.29) is 11.2 Å². The molecule has 0 aromatic carbocycles. The molecule has 0 aliphatic heterocycles. The first-order valence-electron chi connectivity index (χ1n) is 4.77. The van der Waals surface area contributed by atoms with Gasteiger partial charge in [-0.15, -0.1) is 0 Å². The van der Waals surface area contributed by atoms with Crippen molar-refractivity contribution < 1.29 is 5.11 Å². The van der Waals surface area contributed by atoms with Crippen LogP contribution in [0.3, 0.4) is 0 Å². The first kappa shape index (κ1) is 10.3. The summed E-state index contributed by atoms with van der Waals surface area (Å²) in [7, 11) is 0. The molecule has 3 nitrogen and oxygen atoms in total. The van der Waals surface area contributed by atoms with Gasteiger partial charge in [-0.1, -0.05) is 32.4 Å². The lowest BCUT2D eigenvalue weighted by Gasteiger charge is -2.16. The zero-order chi connectivity index (χ0) is 11.2. The van der Waals surface area contributed by atoms with Crippen LogP contribution in [0.25, 0.3) is 5.52 Å². The molecule has 0 bridgehead atoms. The minimum Gasteiger partial charge on any atom is -0.506 e. The molecule has 0 fully saturated rings. The predicted molar refractivity (Wildman–Crippen MR) is 60.6 cm³/mol. The molecule has 0 aliphatic carbocycles. The summed E-state index contributed by atoms with van der Waals surface area (Å²) in [5.74, 6) is 1.00. The van der Waals surface area contributed by atoms with E-state index in [1.165, 1.54) is 0 Å². The fourth-order valence-electron chi connectivity index (χ4n) is 1.61. The van der Waals surface area contributed by atoms with Crippen LogP contribution in [-0.4, -0.2) is 14.5 Å². The molecule has 2 aromatic rings. The quantitative estimate of drug-likeness (QED) is 0.747. The second-order valence-electron chi connectivity index (χ2n) is 4.59. The third kappa shape index (κ3) is 1.57. The van der Waals surface area contributed by atoms with Crippen LogP contribution in [0.15, 0.2) is 18.3 Å². The Bertz CT molecular complexity index is 511. The molecule has 0 amide bonds. The Morgan fingerprint density at radius 1 is 1.40 bits per heavy atom. The second kappa shape index (κ2) is 3.14. The minimum atomic E-state index is -0.107. The van der Waals surface area contributed by atoms with Gasteiger partial charge in [-0.25, -0.2) is 4.98 Å². The van der Waals surface area contributed by atoms with Crippen molar-refractivity contribution in [3.63, 3.8) is 0 Å². The smallest absolute Gasteiger partial charge is 0.158 e. The Kier molecular flexibility index (Phi) is 2.15. The number of aromatic nitrogens is 2. The van der Waals surface area contributed by atoms with Crippen LogP contribution < -0.4 is 0 Å². The van der Waals surface area contributed by atoms with Crippen molar-refractivity contribution in [2.24, 2.45) is 0 Å².